The molecule has 4 heteroatoms. The van der Waals surface area contributed by atoms with Crippen LogP contribution in [0.3, 0.4) is 0 Å². The van der Waals surface area contributed by atoms with Gasteiger partial charge in [0.2, 0.25) is 0 Å². The summed E-state index contributed by atoms with van der Waals surface area (Å²) in [5.74, 6) is 1.59. The van der Waals surface area contributed by atoms with E-state index in [0.717, 1.165) is 35.5 Å². The van der Waals surface area contributed by atoms with Crippen molar-refractivity contribution in [2.45, 2.75) is 37.8 Å². The van der Waals surface area contributed by atoms with Gasteiger partial charge in [-0.3, -0.25) is 0 Å². The molecule has 2 rings (SSSR count). The highest BCUT2D eigenvalue weighted by Gasteiger charge is 2.35. The van der Waals surface area contributed by atoms with Crippen molar-refractivity contribution in [3.63, 3.8) is 0 Å². The van der Waals surface area contributed by atoms with E-state index in [0.29, 0.717) is 6.61 Å². The molecule has 2 N–H and O–H groups in total. The molecule has 1 aromatic rings. The predicted molar refractivity (Wildman–Crippen MR) is 74.6 cm³/mol. The second-order valence-corrected chi connectivity index (χ2v) is 5.12. The number of hydrogen-bond donors (Lipinski definition) is 1. The minimum atomic E-state index is -0.278. The third-order valence-corrected chi connectivity index (χ3v) is 3.96. The van der Waals surface area contributed by atoms with Gasteiger partial charge in [0.25, 0.3) is 0 Å². The Morgan fingerprint density at radius 3 is 2.32 bits per heavy atom. The zero-order valence-corrected chi connectivity index (χ0v) is 12.0. The van der Waals surface area contributed by atoms with Crippen LogP contribution in [0.25, 0.3) is 0 Å². The van der Waals surface area contributed by atoms with E-state index < -0.39 is 0 Å². The van der Waals surface area contributed by atoms with Gasteiger partial charge in [-0.05, 0) is 25.0 Å². The molecule has 4 nitrogen and oxygen atoms in total. The lowest BCUT2D eigenvalue weighted by Gasteiger charge is -2.28. The van der Waals surface area contributed by atoms with Gasteiger partial charge in [-0.15, -0.1) is 0 Å². The van der Waals surface area contributed by atoms with Crippen molar-refractivity contribution >= 4 is 0 Å². The van der Waals surface area contributed by atoms with E-state index in [9.17, 15) is 0 Å². The van der Waals surface area contributed by atoms with Crippen molar-refractivity contribution in [1.29, 1.82) is 0 Å². The second-order valence-electron chi connectivity index (χ2n) is 5.12. The second kappa shape index (κ2) is 5.80. The van der Waals surface area contributed by atoms with Gasteiger partial charge in [-0.2, -0.15) is 0 Å². The van der Waals surface area contributed by atoms with E-state index in [1.807, 2.05) is 12.1 Å². The topological polar surface area (TPSA) is 53.7 Å². The van der Waals surface area contributed by atoms with Crippen molar-refractivity contribution in [3.05, 3.63) is 23.3 Å². The lowest BCUT2D eigenvalue weighted by atomic mass is 9.87. The van der Waals surface area contributed by atoms with E-state index >= 15 is 0 Å². The van der Waals surface area contributed by atoms with E-state index in [4.69, 9.17) is 19.9 Å². The minimum absolute atomic E-state index is 0.278. The first-order valence-electron chi connectivity index (χ1n) is 6.68. The average Bonchev–Trinajstić information content (AvgIpc) is 2.86. The number of hydrogen-bond acceptors (Lipinski definition) is 4. The van der Waals surface area contributed by atoms with Crippen molar-refractivity contribution in [1.82, 2.24) is 0 Å². The fourth-order valence-electron chi connectivity index (χ4n) is 2.98. The zero-order chi connectivity index (χ0) is 13.9. The van der Waals surface area contributed by atoms with E-state index in [1.54, 1.807) is 21.3 Å². The molecular formula is C15H23NO3. The van der Waals surface area contributed by atoms with E-state index in [1.165, 1.54) is 12.8 Å². The van der Waals surface area contributed by atoms with Gasteiger partial charge in [0.1, 0.15) is 11.5 Å². The van der Waals surface area contributed by atoms with Crippen LogP contribution in [0.15, 0.2) is 12.1 Å². The Hall–Kier alpha value is -1.26. The highest BCUT2D eigenvalue weighted by Crippen LogP contribution is 2.44. The van der Waals surface area contributed by atoms with E-state index in [-0.39, 0.29) is 5.54 Å². The molecule has 0 atom stereocenters. The monoisotopic (exact) mass is 265 g/mol. The van der Waals surface area contributed by atoms with Crippen LogP contribution in [0, 0.1) is 0 Å². The summed E-state index contributed by atoms with van der Waals surface area (Å²) >= 11 is 0. The summed E-state index contributed by atoms with van der Waals surface area (Å²) in [6, 6.07) is 3.99. The molecule has 1 aliphatic rings. The first-order valence-corrected chi connectivity index (χ1v) is 6.68. The maximum Gasteiger partial charge on any atom is 0.133 e. The van der Waals surface area contributed by atoms with Gasteiger partial charge in [0.15, 0.2) is 0 Å². The van der Waals surface area contributed by atoms with Crippen LogP contribution in [0.1, 0.15) is 36.8 Å². The van der Waals surface area contributed by atoms with Crippen LogP contribution in [0.5, 0.6) is 11.5 Å². The molecule has 0 heterocycles. The molecule has 19 heavy (non-hydrogen) atoms. The highest BCUT2D eigenvalue weighted by atomic mass is 16.5. The van der Waals surface area contributed by atoms with Gasteiger partial charge in [0, 0.05) is 18.2 Å². The third-order valence-electron chi connectivity index (χ3n) is 3.96. The molecule has 0 saturated heterocycles. The highest BCUT2D eigenvalue weighted by molar-refractivity contribution is 5.52. The number of rotatable bonds is 5. The van der Waals surface area contributed by atoms with Crippen molar-refractivity contribution in [2.24, 2.45) is 5.73 Å². The number of methoxy groups -OCH3 is 3. The van der Waals surface area contributed by atoms with Gasteiger partial charge in [0.05, 0.1) is 26.4 Å². The van der Waals surface area contributed by atoms with Crippen LogP contribution in [-0.4, -0.2) is 21.3 Å². The number of ether oxygens (including phenoxy) is 3. The van der Waals surface area contributed by atoms with Crippen molar-refractivity contribution in [3.8, 4) is 11.5 Å². The minimum Gasteiger partial charge on any atom is -0.496 e. The molecule has 0 aliphatic heterocycles. The van der Waals surface area contributed by atoms with Gasteiger partial charge in [-0.25, -0.2) is 0 Å². The summed E-state index contributed by atoms with van der Waals surface area (Å²) in [5.41, 5.74) is 8.28. The fourth-order valence-corrected chi connectivity index (χ4v) is 2.98. The SMILES string of the molecule is COCc1c(OC)ccc(C2(N)CCCC2)c1OC. The molecule has 106 valence electrons. The van der Waals surface area contributed by atoms with Gasteiger partial charge >= 0.3 is 0 Å². The Kier molecular flexibility index (Phi) is 4.32. The van der Waals surface area contributed by atoms with Crippen LogP contribution in [-0.2, 0) is 16.9 Å². The number of nitrogens with two attached hydrogens (primary N) is 1. The maximum absolute atomic E-state index is 6.55. The van der Waals surface area contributed by atoms with Crippen LogP contribution >= 0.6 is 0 Å². The first kappa shape index (κ1) is 14.2. The fraction of sp³-hybridized carbons (Fsp3) is 0.600. The van der Waals surface area contributed by atoms with Gasteiger partial charge in [-0.1, -0.05) is 12.8 Å². The first-order chi connectivity index (χ1) is 9.16. The summed E-state index contributed by atoms with van der Waals surface area (Å²) in [4.78, 5) is 0. The zero-order valence-electron chi connectivity index (χ0n) is 12.0. The summed E-state index contributed by atoms with van der Waals surface area (Å²) in [6.45, 7) is 0.455. The standard InChI is InChI=1S/C15H23NO3/c1-17-10-11-13(18-2)7-6-12(14(11)19-3)15(16)8-4-5-9-15/h6-7H,4-5,8-10,16H2,1-3H3. The summed E-state index contributed by atoms with van der Waals surface area (Å²) in [7, 11) is 5.00. The molecule has 0 radical (unpaired) electrons. The third kappa shape index (κ3) is 2.55. The normalized spacial score (nSPS) is 17.5. The Balaban J connectivity index is 2.52. The molecular weight excluding hydrogens is 242 g/mol. The molecule has 0 unspecified atom stereocenters. The molecule has 1 saturated carbocycles. The summed E-state index contributed by atoms with van der Waals surface area (Å²) in [6.07, 6.45) is 4.35. The quantitative estimate of drug-likeness (QED) is 0.889. The van der Waals surface area contributed by atoms with Crippen LogP contribution < -0.4 is 15.2 Å². The molecule has 0 amide bonds. The summed E-state index contributed by atoms with van der Waals surface area (Å²) in [5, 5.41) is 0. The predicted octanol–water partition coefficient (Wildman–Crippen LogP) is 2.58. The molecule has 1 aliphatic carbocycles. The molecule has 0 bridgehead atoms. The maximum atomic E-state index is 6.55. The molecule has 0 spiro atoms. The Morgan fingerprint density at radius 2 is 1.79 bits per heavy atom. The Labute approximate surface area is 114 Å². The Morgan fingerprint density at radius 1 is 1.11 bits per heavy atom. The largest absolute Gasteiger partial charge is 0.496 e. The lowest BCUT2D eigenvalue weighted by Crippen LogP contribution is -2.33. The summed E-state index contributed by atoms with van der Waals surface area (Å²) < 4.78 is 16.3. The van der Waals surface area contributed by atoms with Crippen molar-refractivity contribution < 1.29 is 14.2 Å². The van der Waals surface area contributed by atoms with Crippen molar-refractivity contribution in [2.75, 3.05) is 21.3 Å². The van der Waals surface area contributed by atoms with E-state index in [2.05, 4.69) is 0 Å². The molecule has 1 fully saturated rings. The smallest absolute Gasteiger partial charge is 0.133 e. The van der Waals surface area contributed by atoms with Crippen LogP contribution in [0.4, 0.5) is 0 Å². The van der Waals surface area contributed by atoms with Crippen LogP contribution in [0.2, 0.25) is 0 Å². The Bertz CT molecular complexity index is 439. The van der Waals surface area contributed by atoms with Gasteiger partial charge < -0.3 is 19.9 Å². The lowest BCUT2D eigenvalue weighted by molar-refractivity contribution is 0.177. The number of benzene rings is 1. The average molecular weight is 265 g/mol. The molecule has 0 aromatic heterocycles. The molecule has 1 aromatic carbocycles.